The lowest BCUT2D eigenvalue weighted by Crippen LogP contribution is -2.27. The quantitative estimate of drug-likeness (QED) is 0.614. The summed E-state index contributed by atoms with van der Waals surface area (Å²) < 4.78 is 45.1. The zero-order valence-electron chi connectivity index (χ0n) is 16.9. The topological polar surface area (TPSA) is 79.6 Å². The van der Waals surface area contributed by atoms with Gasteiger partial charge in [0.05, 0.1) is 17.5 Å². The number of hydrogen-bond acceptors (Lipinski definition) is 4. The van der Waals surface area contributed by atoms with E-state index in [1.165, 1.54) is 29.6 Å². The molecule has 0 unspecified atom stereocenters. The van der Waals surface area contributed by atoms with E-state index >= 15 is 0 Å². The summed E-state index contributed by atoms with van der Waals surface area (Å²) in [4.78, 5) is 12.6. The normalized spacial score (nSPS) is 12.7. The largest absolute Gasteiger partial charge is 0.455 e. The van der Waals surface area contributed by atoms with Gasteiger partial charge in [-0.2, -0.15) is 4.31 Å². The highest BCUT2D eigenvalue weighted by Gasteiger charge is 2.23. The minimum absolute atomic E-state index is 0.0169. The molecule has 0 spiro atoms. The van der Waals surface area contributed by atoms with Crippen molar-refractivity contribution in [3.8, 4) is 0 Å². The Kier molecular flexibility index (Phi) is 6.38. The van der Waals surface area contributed by atoms with Crippen molar-refractivity contribution in [1.82, 2.24) is 9.62 Å². The number of nitrogens with zero attached hydrogens (tertiary/aromatic N) is 1. The Labute approximate surface area is 175 Å². The molecule has 1 N–H and O–H groups in total. The van der Waals surface area contributed by atoms with Crippen LogP contribution in [0.1, 0.15) is 40.4 Å². The molecule has 1 aromatic heterocycles. The zero-order chi connectivity index (χ0) is 21.9. The van der Waals surface area contributed by atoms with Crippen LogP contribution in [0.2, 0.25) is 0 Å². The third-order valence-electron chi connectivity index (χ3n) is 4.71. The number of rotatable bonds is 7. The van der Waals surface area contributed by atoms with Crippen LogP contribution in [0.25, 0.3) is 0 Å². The molecule has 30 heavy (non-hydrogen) atoms. The Balaban J connectivity index is 1.66. The average Bonchev–Trinajstić information content (AvgIpc) is 3.17. The molecule has 8 heteroatoms. The van der Waals surface area contributed by atoms with Gasteiger partial charge in [0, 0.05) is 7.05 Å². The van der Waals surface area contributed by atoms with Crippen molar-refractivity contribution in [2.75, 3.05) is 7.05 Å². The van der Waals surface area contributed by atoms with Crippen LogP contribution in [-0.2, 0) is 16.6 Å². The molecular formula is C22H23FN2O4S. The number of hydrogen-bond donors (Lipinski definition) is 1. The Morgan fingerprint density at radius 1 is 1.07 bits per heavy atom. The Morgan fingerprint density at radius 2 is 1.70 bits per heavy atom. The number of carbonyl (C=O) groups is 1. The second-order valence-electron chi connectivity index (χ2n) is 7.09. The number of nitrogens with one attached hydrogen (secondary N) is 1. The van der Waals surface area contributed by atoms with Gasteiger partial charge in [-0.25, -0.2) is 12.8 Å². The second kappa shape index (κ2) is 8.81. The van der Waals surface area contributed by atoms with Crippen molar-refractivity contribution in [3.63, 3.8) is 0 Å². The second-order valence-corrected chi connectivity index (χ2v) is 9.13. The Hall–Kier alpha value is -2.97. The predicted molar refractivity (Wildman–Crippen MR) is 111 cm³/mol. The van der Waals surface area contributed by atoms with E-state index in [1.54, 1.807) is 49.4 Å². The molecule has 6 nitrogen and oxygen atoms in total. The SMILES string of the molecule is Cc1ccc(S(=O)(=O)N(C)Cc2ccc(C(=O)N[C@H](C)c3ccc(F)cc3)o2)cc1. The number of furan rings is 1. The van der Waals surface area contributed by atoms with Gasteiger partial charge < -0.3 is 9.73 Å². The van der Waals surface area contributed by atoms with Gasteiger partial charge >= 0.3 is 0 Å². The molecular weight excluding hydrogens is 407 g/mol. The molecule has 158 valence electrons. The average molecular weight is 431 g/mol. The first kappa shape index (κ1) is 21.7. The maximum Gasteiger partial charge on any atom is 0.287 e. The van der Waals surface area contributed by atoms with Crippen LogP contribution < -0.4 is 5.32 Å². The van der Waals surface area contributed by atoms with E-state index in [1.807, 2.05) is 6.92 Å². The number of halogens is 1. The van der Waals surface area contributed by atoms with Crippen molar-refractivity contribution in [1.29, 1.82) is 0 Å². The highest BCUT2D eigenvalue weighted by atomic mass is 32.2. The molecule has 3 rings (SSSR count). The summed E-state index contributed by atoms with van der Waals surface area (Å²) in [6.07, 6.45) is 0. The van der Waals surface area contributed by atoms with E-state index in [2.05, 4.69) is 5.32 Å². The molecule has 0 radical (unpaired) electrons. The summed E-state index contributed by atoms with van der Waals surface area (Å²) >= 11 is 0. The standard InChI is InChI=1S/C22H23FN2O4S/c1-15-4-11-20(12-5-15)30(27,28)25(3)14-19-10-13-21(29-19)22(26)24-16(2)17-6-8-18(23)9-7-17/h4-13,16H,14H2,1-3H3,(H,24,26)/t16-/m1/s1. The van der Waals surface area contributed by atoms with Crippen molar-refractivity contribution in [2.24, 2.45) is 0 Å². The fourth-order valence-corrected chi connectivity index (χ4v) is 4.02. The van der Waals surface area contributed by atoms with E-state index in [0.29, 0.717) is 5.76 Å². The van der Waals surface area contributed by atoms with E-state index < -0.39 is 15.9 Å². The third-order valence-corrected chi connectivity index (χ3v) is 6.53. The number of amides is 1. The Bertz CT molecular complexity index is 1120. The molecule has 1 heterocycles. The summed E-state index contributed by atoms with van der Waals surface area (Å²) in [5.41, 5.74) is 1.72. The van der Waals surface area contributed by atoms with Crippen molar-refractivity contribution in [2.45, 2.75) is 31.3 Å². The summed E-state index contributed by atoms with van der Waals surface area (Å²) in [7, 11) is -2.23. The monoisotopic (exact) mass is 430 g/mol. The smallest absolute Gasteiger partial charge is 0.287 e. The van der Waals surface area contributed by atoms with Gasteiger partial charge in [-0.05, 0) is 55.8 Å². The van der Waals surface area contributed by atoms with Crippen molar-refractivity contribution in [3.05, 3.63) is 89.1 Å². The van der Waals surface area contributed by atoms with Gasteiger partial charge in [0.2, 0.25) is 10.0 Å². The number of carbonyl (C=O) groups excluding carboxylic acids is 1. The first-order valence-corrected chi connectivity index (χ1v) is 10.8. The number of sulfonamides is 1. The van der Waals surface area contributed by atoms with Crippen LogP contribution in [0, 0.1) is 12.7 Å². The van der Waals surface area contributed by atoms with Gasteiger partial charge in [-0.15, -0.1) is 0 Å². The highest BCUT2D eigenvalue weighted by Crippen LogP contribution is 2.19. The van der Waals surface area contributed by atoms with E-state index in [0.717, 1.165) is 11.1 Å². The van der Waals surface area contributed by atoms with Crippen molar-refractivity contribution < 1.29 is 22.0 Å². The van der Waals surface area contributed by atoms with Gasteiger partial charge in [-0.1, -0.05) is 29.8 Å². The first-order valence-electron chi connectivity index (χ1n) is 9.35. The molecule has 0 aliphatic heterocycles. The fourth-order valence-electron chi connectivity index (χ4n) is 2.88. The third kappa shape index (κ3) is 4.95. The summed E-state index contributed by atoms with van der Waals surface area (Å²) in [5, 5.41) is 2.77. The molecule has 0 saturated heterocycles. The van der Waals surface area contributed by atoms with Gasteiger partial charge in [-0.3, -0.25) is 4.79 Å². The van der Waals surface area contributed by atoms with E-state index in [4.69, 9.17) is 4.42 Å². The van der Waals surface area contributed by atoms with Gasteiger partial charge in [0.15, 0.2) is 5.76 Å². The molecule has 0 bridgehead atoms. The van der Waals surface area contributed by atoms with Crippen LogP contribution in [0.3, 0.4) is 0 Å². The van der Waals surface area contributed by atoms with Crippen LogP contribution in [0.15, 0.2) is 70.0 Å². The minimum Gasteiger partial charge on any atom is -0.455 e. The van der Waals surface area contributed by atoms with E-state index in [-0.39, 0.29) is 29.1 Å². The predicted octanol–water partition coefficient (Wildman–Crippen LogP) is 4.04. The van der Waals surface area contributed by atoms with E-state index in [9.17, 15) is 17.6 Å². The molecule has 3 aromatic rings. The fraction of sp³-hybridized carbons (Fsp3) is 0.227. The molecule has 0 saturated carbocycles. The molecule has 0 aliphatic carbocycles. The maximum absolute atomic E-state index is 13.0. The van der Waals surface area contributed by atoms with Crippen LogP contribution in [0.5, 0.6) is 0 Å². The van der Waals surface area contributed by atoms with Crippen LogP contribution in [-0.4, -0.2) is 25.7 Å². The lowest BCUT2D eigenvalue weighted by atomic mass is 10.1. The maximum atomic E-state index is 13.0. The van der Waals surface area contributed by atoms with Gasteiger partial charge in [0.25, 0.3) is 5.91 Å². The molecule has 0 fully saturated rings. The lowest BCUT2D eigenvalue weighted by Gasteiger charge is -2.16. The number of aryl methyl sites for hydroxylation is 1. The molecule has 2 aromatic carbocycles. The van der Waals surface area contributed by atoms with Crippen molar-refractivity contribution >= 4 is 15.9 Å². The van der Waals surface area contributed by atoms with Crippen LogP contribution in [0.4, 0.5) is 4.39 Å². The zero-order valence-corrected chi connectivity index (χ0v) is 17.7. The summed E-state index contributed by atoms with van der Waals surface area (Å²) in [5.74, 6) is -0.382. The number of benzene rings is 2. The first-order chi connectivity index (χ1) is 14.2. The summed E-state index contributed by atoms with van der Waals surface area (Å²) in [6.45, 7) is 3.64. The molecule has 1 atom stereocenters. The Morgan fingerprint density at radius 3 is 2.33 bits per heavy atom. The molecule has 1 amide bonds. The summed E-state index contributed by atoms with van der Waals surface area (Å²) in [6, 6.07) is 15.1. The van der Waals surface area contributed by atoms with Gasteiger partial charge in [0.1, 0.15) is 11.6 Å². The van der Waals surface area contributed by atoms with Crippen LogP contribution >= 0.6 is 0 Å². The molecule has 0 aliphatic rings. The minimum atomic E-state index is -3.68. The lowest BCUT2D eigenvalue weighted by molar-refractivity contribution is 0.0909. The highest BCUT2D eigenvalue weighted by molar-refractivity contribution is 7.89.